The van der Waals surface area contributed by atoms with Crippen LogP contribution < -0.4 is 16.6 Å². The number of anilines is 2. The van der Waals surface area contributed by atoms with Gasteiger partial charge < -0.3 is 11.1 Å². The van der Waals surface area contributed by atoms with Crippen LogP contribution in [0.4, 0.5) is 11.8 Å². The minimum atomic E-state index is -0.563. The van der Waals surface area contributed by atoms with Gasteiger partial charge in [-0.15, -0.1) is 0 Å². The normalized spacial score (nSPS) is 17.2. The molecule has 4 N–H and O–H groups in total. The van der Waals surface area contributed by atoms with Crippen LogP contribution in [0, 0.1) is 0 Å². The highest BCUT2D eigenvalue weighted by Gasteiger charge is 2.33. The van der Waals surface area contributed by atoms with Crippen LogP contribution in [0.15, 0.2) is 23.0 Å². The lowest BCUT2D eigenvalue weighted by atomic mass is 9.86. The zero-order valence-electron chi connectivity index (χ0n) is 10.6. The second kappa shape index (κ2) is 5.05. The molecule has 1 atom stereocenters. The first-order chi connectivity index (χ1) is 9.97. The predicted octanol–water partition coefficient (Wildman–Crippen LogP) is 2.13. The minimum absolute atomic E-state index is 0.0606. The Kier molecular flexibility index (Phi) is 3.35. The molecule has 21 heavy (non-hydrogen) atoms. The van der Waals surface area contributed by atoms with E-state index < -0.39 is 11.5 Å². The van der Waals surface area contributed by atoms with Gasteiger partial charge in [-0.3, -0.25) is 14.6 Å². The first kappa shape index (κ1) is 13.9. The van der Waals surface area contributed by atoms with Gasteiger partial charge in [0.05, 0.1) is 5.56 Å². The van der Waals surface area contributed by atoms with Crippen molar-refractivity contribution in [2.45, 2.75) is 12.3 Å². The summed E-state index contributed by atoms with van der Waals surface area (Å²) in [4.78, 5) is 30.4. The number of nitrogens with one attached hydrogen (secondary N) is 2. The fourth-order valence-corrected chi connectivity index (χ4v) is 3.14. The van der Waals surface area contributed by atoms with E-state index >= 15 is 0 Å². The molecule has 0 radical (unpaired) electrons. The number of aromatic nitrogens is 2. The largest absolute Gasteiger partial charge is 0.369 e. The maximum atomic E-state index is 12.2. The summed E-state index contributed by atoms with van der Waals surface area (Å²) in [7, 11) is 0. The third-order valence-corrected chi connectivity index (χ3v) is 3.98. The van der Waals surface area contributed by atoms with Crippen LogP contribution in [-0.2, 0) is 4.79 Å². The molecular formula is C13H10Cl2N4O2. The molecule has 0 saturated heterocycles. The summed E-state index contributed by atoms with van der Waals surface area (Å²) in [5.41, 5.74) is 5.92. The molecule has 0 unspecified atom stereocenters. The van der Waals surface area contributed by atoms with Gasteiger partial charge >= 0.3 is 0 Å². The van der Waals surface area contributed by atoms with Crippen LogP contribution in [0.5, 0.6) is 0 Å². The first-order valence-corrected chi connectivity index (χ1v) is 6.86. The van der Waals surface area contributed by atoms with Crippen LogP contribution in [0.3, 0.4) is 0 Å². The highest BCUT2D eigenvalue weighted by atomic mass is 35.5. The lowest BCUT2D eigenvalue weighted by molar-refractivity contribution is -0.116. The van der Waals surface area contributed by atoms with Crippen molar-refractivity contribution in [3.8, 4) is 0 Å². The average Bonchev–Trinajstić information content (AvgIpc) is 2.36. The van der Waals surface area contributed by atoms with Gasteiger partial charge in [-0.1, -0.05) is 29.3 Å². The number of amides is 1. The topological polar surface area (TPSA) is 101 Å². The van der Waals surface area contributed by atoms with Gasteiger partial charge in [0.15, 0.2) is 0 Å². The van der Waals surface area contributed by atoms with Crippen molar-refractivity contribution >= 4 is 40.9 Å². The van der Waals surface area contributed by atoms with Crippen molar-refractivity contribution in [3.05, 3.63) is 49.7 Å². The van der Waals surface area contributed by atoms with Crippen molar-refractivity contribution in [2.24, 2.45) is 0 Å². The fourth-order valence-electron chi connectivity index (χ4n) is 2.48. The number of nitrogens with zero attached hydrogens (tertiary/aromatic N) is 1. The minimum Gasteiger partial charge on any atom is -0.369 e. The molecule has 3 rings (SSSR count). The average molecular weight is 325 g/mol. The molecule has 108 valence electrons. The highest BCUT2D eigenvalue weighted by Crippen LogP contribution is 2.40. The number of H-pyrrole nitrogens is 1. The number of nitrogen functional groups attached to an aromatic ring is 1. The molecule has 0 bridgehead atoms. The number of halogens is 2. The van der Waals surface area contributed by atoms with E-state index in [4.69, 9.17) is 28.9 Å². The monoisotopic (exact) mass is 324 g/mol. The van der Waals surface area contributed by atoms with E-state index in [1.165, 1.54) is 0 Å². The second-order valence-electron chi connectivity index (χ2n) is 4.65. The zero-order valence-corrected chi connectivity index (χ0v) is 12.1. The molecule has 0 spiro atoms. The Hall–Kier alpha value is -2.05. The summed E-state index contributed by atoms with van der Waals surface area (Å²) in [6, 6.07) is 5.02. The van der Waals surface area contributed by atoms with E-state index in [-0.39, 0.29) is 24.1 Å². The molecule has 1 aromatic carbocycles. The molecule has 1 aromatic heterocycles. The summed E-state index contributed by atoms with van der Waals surface area (Å²) in [6.07, 6.45) is 0.0606. The standard InChI is InChI=1S/C13H10Cl2N4O2/c14-6-2-1-3-7(15)9(6)5-4-8(20)17-11-10(5)12(21)19-13(16)18-11/h1-3,5H,4H2,(H4,16,17,18,19,20,21)/t5-/m0/s1. The number of hydrogen-bond acceptors (Lipinski definition) is 4. The lowest BCUT2D eigenvalue weighted by Crippen LogP contribution is -2.31. The number of rotatable bonds is 1. The summed E-state index contributed by atoms with van der Waals surface area (Å²) < 4.78 is 0. The number of fused-ring (bicyclic) bond motifs is 1. The molecule has 1 amide bonds. The molecule has 0 aliphatic carbocycles. The third kappa shape index (κ3) is 2.36. The molecule has 2 aromatic rings. The molecule has 0 fully saturated rings. The number of aromatic amines is 1. The zero-order chi connectivity index (χ0) is 15.1. The Morgan fingerprint density at radius 3 is 2.52 bits per heavy atom. The van der Waals surface area contributed by atoms with Crippen LogP contribution in [0.2, 0.25) is 10.0 Å². The van der Waals surface area contributed by atoms with E-state index in [0.29, 0.717) is 21.2 Å². The van der Waals surface area contributed by atoms with Gasteiger partial charge in [0.2, 0.25) is 11.9 Å². The molecular weight excluding hydrogens is 315 g/mol. The molecule has 1 aliphatic heterocycles. The van der Waals surface area contributed by atoms with Gasteiger partial charge in [0.1, 0.15) is 5.82 Å². The molecule has 2 heterocycles. The highest BCUT2D eigenvalue weighted by molar-refractivity contribution is 6.36. The van der Waals surface area contributed by atoms with Gasteiger partial charge in [-0.05, 0) is 17.7 Å². The van der Waals surface area contributed by atoms with E-state index in [9.17, 15) is 9.59 Å². The van der Waals surface area contributed by atoms with E-state index in [2.05, 4.69) is 15.3 Å². The van der Waals surface area contributed by atoms with Crippen molar-refractivity contribution in [1.82, 2.24) is 9.97 Å². The van der Waals surface area contributed by atoms with Crippen molar-refractivity contribution in [3.63, 3.8) is 0 Å². The smallest absolute Gasteiger partial charge is 0.258 e. The number of nitrogens with two attached hydrogens (primary N) is 1. The Morgan fingerprint density at radius 2 is 1.86 bits per heavy atom. The summed E-state index contributed by atoms with van der Waals surface area (Å²) in [6.45, 7) is 0. The SMILES string of the molecule is Nc1nc2c(c(=O)[nH]1)[C@H](c1c(Cl)cccc1Cl)CC(=O)N2. The maximum absolute atomic E-state index is 12.2. The van der Waals surface area contributed by atoms with E-state index in [1.807, 2.05) is 0 Å². The Labute approximate surface area is 129 Å². The fraction of sp³-hybridized carbons (Fsp3) is 0.154. The molecule has 6 nitrogen and oxygen atoms in total. The van der Waals surface area contributed by atoms with Crippen LogP contribution >= 0.6 is 23.2 Å². The quantitative estimate of drug-likeness (QED) is 0.747. The number of carbonyl (C=O) groups excluding carboxylic acids is 1. The third-order valence-electron chi connectivity index (χ3n) is 3.32. The van der Waals surface area contributed by atoms with Crippen molar-refractivity contribution < 1.29 is 4.79 Å². The van der Waals surface area contributed by atoms with Crippen molar-refractivity contribution in [1.29, 1.82) is 0 Å². The summed E-state index contributed by atoms with van der Waals surface area (Å²) in [5.74, 6) is -0.758. The lowest BCUT2D eigenvalue weighted by Gasteiger charge is -2.25. The van der Waals surface area contributed by atoms with E-state index in [0.717, 1.165) is 0 Å². The molecule has 0 saturated carbocycles. The second-order valence-corrected chi connectivity index (χ2v) is 5.47. The molecule has 1 aliphatic rings. The predicted molar refractivity (Wildman–Crippen MR) is 80.8 cm³/mol. The Morgan fingerprint density at radius 1 is 1.19 bits per heavy atom. The van der Waals surface area contributed by atoms with Crippen LogP contribution in [0.1, 0.15) is 23.5 Å². The molecule has 8 heteroatoms. The van der Waals surface area contributed by atoms with Crippen LogP contribution in [0.25, 0.3) is 0 Å². The Balaban J connectivity index is 2.27. The Bertz CT molecular complexity index is 783. The van der Waals surface area contributed by atoms with Gasteiger partial charge in [-0.25, -0.2) is 0 Å². The van der Waals surface area contributed by atoms with Gasteiger partial charge in [-0.2, -0.15) is 4.98 Å². The van der Waals surface area contributed by atoms with E-state index in [1.54, 1.807) is 18.2 Å². The number of benzene rings is 1. The maximum Gasteiger partial charge on any atom is 0.258 e. The summed E-state index contributed by atoms with van der Waals surface area (Å²) >= 11 is 12.4. The summed E-state index contributed by atoms with van der Waals surface area (Å²) in [5, 5.41) is 3.33. The number of hydrogen-bond donors (Lipinski definition) is 3. The van der Waals surface area contributed by atoms with Crippen LogP contribution in [-0.4, -0.2) is 15.9 Å². The van der Waals surface area contributed by atoms with Gasteiger partial charge in [0, 0.05) is 22.4 Å². The van der Waals surface area contributed by atoms with Gasteiger partial charge in [0.25, 0.3) is 5.56 Å². The number of carbonyl (C=O) groups is 1. The first-order valence-electron chi connectivity index (χ1n) is 6.11. The van der Waals surface area contributed by atoms with Crippen molar-refractivity contribution in [2.75, 3.05) is 11.1 Å².